The summed E-state index contributed by atoms with van der Waals surface area (Å²) < 4.78 is 14.1. The van der Waals surface area contributed by atoms with Gasteiger partial charge in [-0.15, -0.1) is 0 Å². The predicted octanol–water partition coefficient (Wildman–Crippen LogP) is 2.82. The van der Waals surface area contributed by atoms with Crippen LogP contribution in [0.1, 0.15) is 19.8 Å². The monoisotopic (exact) mass is 330 g/mol. The Morgan fingerprint density at radius 2 is 2.14 bits per heavy atom. The van der Waals surface area contributed by atoms with E-state index in [1.165, 1.54) is 6.20 Å². The van der Waals surface area contributed by atoms with Crippen molar-refractivity contribution in [2.75, 3.05) is 18.0 Å². The highest BCUT2D eigenvalue weighted by atomic mass is 35.5. The number of halogens is 3. The lowest BCUT2D eigenvalue weighted by Gasteiger charge is -2.37. The first-order valence-electron chi connectivity index (χ1n) is 6.52. The molecule has 0 radical (unpaired) electrons. The third kappa shape index (κ3) is 2.75. The van der Waals surface area contributed by atoms with E-state index in [9.17, 15) is 9.50 Å². The number of fused-ring (bicyclic) bond motifs is 1. The largest absolute Gasteiger partial charge is 0.388 e. The first-order valence-corrected chi connectivity index (χ1v) is 7.27. The van der Waals surface area contributed by atoms with Gasteiger partial charge in [-0.25, -0.2) is 14.4 Å². The number of pyridine rings is 1. The molecule has 1 fully saturated rings. The van der Waals surface area contributed by atoms with E-state index in [4.69, 9.17) is 23.2 Å². The van der Waals surface area contributed by atoms with Crippen molar-refractivity contribution in [2.24, 2.45) is 0 Å². The molecule has 0 unspecified atom stereocenters. The van der Waals surface area contributed by atoms with Crippen LogP contribution in [0, 0.1) is 5.82 Å². The maximum absolute atomic E-state index is 14.1. The number of hydrogen-bond donors (Lipinski definition) is 1. The molecule has 0 amide bonds. The van der Waals surface area contributed by atoms with Crippen LogP contribution in [0.3, 0.4) is 0 Å². The minimum Gasteiger partial charge on any atom is -0.388 e. The molecule has 1 saturated heterocycles. The van der Waals surface area contributed by atoms with Crippen LogP contribution in [0.15, 0.2) is 6.20 Å². The minimum atomic E-state index is -0.819. The van der Waals surface area contributed by atoms with Gasteiger partial charge in [0.25, 0.3) is 0 Å². The summed E-state index contributed by atoms with van der Waals surface area (Å²) in [5, 5.41) is 10.3. The lowest BCUT2D eigenvalue weighted by molar-refractivity contribution is 0.0448. The highest BCUT2D eigenvalue weighted by Crippen LogP contribution is 2.32. The molecule has 1 N–H and O–H groups in total. The van der Waals surface area contributed by atoms with E-state index < -0.39 is 11.4 Å². The smallest absolute Gasteiger partial charge is 0.225 e. The predicted molar refractivity (Wildman–Crippen MR) is 79.4 cm³/mol. The van der Waals surface area contributed by atoms with Crippen LogP contribution in [0.5, 0.6) is 0 Å². The number of anilines is 1. The Labute approximate surface area is 130 Å². The second-order valence-electron chi connectivity index (χ2n) is 5.46. The summed E-state index contributed by atoms with van der Waals surface area (Å²) in [5.41, 5.74) is -0.782. The van der Waals surface area contributed by atoms with Gasteiger partial charge in [0.2, 0.25) is 5.28 Å². The standard InChI is InChI=1S/C13H13Cl2FN4O/c1-13(21)3-2-4-20(6-13)11-7-5-17-10(14)8(16)9(7)18-12(15)19-11/h5,21H,2-4,6H2,1H3/t13-/m0/s1. The van der Waals surface area contributed by atoms with Crippen molar-refractivity contribution in [3.63, 3.8) is 0 Å². The molecule has 0 aliphatic carbocycles. The fourth-order valence-electron chi connectivity index (χ4n) is 2.63. The van der Waals surface area contributed by atoms with Gasteiger partial charge in [-0.05, 0) is 31.4 Å². The van der Waals surface area contributed by atoms with Crippen molar-refractivity contribution < 1.29 is 9.50 Å². The average Bonchev–Trinajstić information content (AvgIpc) is 2.41. The SMILES string of the molecule is C[C@]1(O)CCCN(c2nc(Cl)nc3c(F)c(Cl)ncc23)C1. The minimum absolute atomic E-state index is 0.0372. The van der Waals surface area contributed by atoms with Gasteiger partial charge in [0.15, 0.2) is 11.0 Å². The summed E-state index contributed by atoms with van der Waals surface area (Å²) in [6.07, 6.45) is 2.94. The van der Waals surface area contributed by atoms with Crippen molar-refractivity contribution >= 4 is 39.9 Å². The molecule has 0 bridgehead atoms. The molecular formula is C13H13Cl2FN4O. The van der Waals surface area contributed by atoms with E-state index in [1.54, 1.807) is 6.92 Å². The Bertz CT molecular complexity index is 710. The summed E-state index contributed by atoms with van der Waals surface area (Å²) in [4.78, 5) is 13.8. The summed E-state index contributed by atoms with van der Waals surface area (Å²) in [5.74, 6) is -0.253. The molecule has 3 heterocycles. The van der Waals surface area contributed by atoms with Crippen molar-refractivity contribution in [3.8, 4) is 0 Å². The van der Waals surface area contributed by atoms with Gasteiger partial charge in [0, 0.05) is 19.3 Å². The first kappa shape index (κ1) is 14.7. The molecule has 0 aromatic carbocycles. The van der Waals surface area contributed by atoms with Gasteiger partial charge in [-0.1, -0.05) is 11.6 Å². The van der Waals surface area contributed by atoms with Crippen molar-refractivity contribution in [1.29, 1.82) is 0 Å². The zero-order chi connectivity index (χ0) is 15.2. The molecule has 2 aromatic rings. The average molecular weight is 331 g/mol. The number of aromatic nitrogens is 3. The van der Waals surface area contributed by atoms with Crippen molar-refractivity contribution in [3.05, 3.63) is 22.5 Å². The van der Waals surface area contributed by atoms with Gasteiger partial charge in [0.05, 0.1) is 11.0 Å². The summed E-state index contributed by atoms with van der Waals surface area (Å²) >= 11 is 11.6. The molecular weight excluding hydrogens is 318 g/mol. The van der Waals surface area contributed by atoms with Gasteiger partial charge in [-0.3, -0.25) is 0 Å². The molecule has 112 valence electrons. The van der Waals surface area contributed by atoms with E-state index >= 15 is 0 Å². The van der Waals surface area contributed by atoms with Gasteiger partial charge in [0.1, 0.15) is 11.3 Å². The molecule has 0 spiro atoms. The van der Waals surface area contributed by atoms with Crippen LogP contribution in [0.25, 0.3) is 10.9 Å². The van der Waals surface area contributed by atoms with Crippen LogP contribution < -0.4 is 4.90 Å². The first-order chi connectivity index (χ1) is 9.87. The Morgan fingerprint density at radius 3 is 2.86 bits per heavy atom. The van der Waals surface area contributed by atoms with Gasteiger partial charge in [-0.2, -0.15) is 4.98 Å². The molecule has 5 nitrogen and oxygen atoms in total. The fourth-order valence-corrected chi connectivity index (χ4v) is 2.94. The normalized spacial score (nSPS) is 22.8. The molecule has 1 aliphatic heterocycles. The molecule has 1 aliphatic rings. The molecule has 8 heteroatoms. The highest BCUT2D eigenvalue weighted by molar-refractivity contribution is 6.30. The molecule has 1 atom stereocenters. The number of rotatable bonds is 1. The van der Waals surface area contributed by atoms with Crippen LogP contribution >= 0.6 is 23.2 Å². The number of aliphatic hydroxyl groups is 1. The zero-order valence-corrected chi connectivity index (χ0v) is 12.8. The lowest BCUT2D eigenvalue weighted by atomic mass is 9.95. The van der Waals surface area contributed by atoms with Gasteiger partial charge >= 0.3 is 0 Å². The second kappa shape index (κ2) is 5.19. The lowest BCUT2D eigenvalue weighted by Crippen LogP contribution is -2.46. The fraction of sp³-hybridized carbons (Fsp3) is 0.462. The van der Waals surface area contributed by atoms with E-state index in [0.717, 1.165) is 6.42 Å². The number of β-amino-alcohol motifs (C(OH)–C–C–N with tert-alkyl or cyclic N) is 1. The molecule has 3 rings (SSSR count). The third-order valence-corrected chi connectivity index (χ3v) is 4.00. The maximum atomic E-state index is 14.1. The van der Waals surface area contributed by atoms with Gasteiger partial charge < -0.3 is 10.0 Å². The van der Waals surface area contributed by atoms with Crippen molar-refractivity contribution in [2.45, 2.75) is 25.4 Å². The number of hydrogen-bond acceptors (Lipinski definition) is 5. The second-order valence-corrected chi connectivity index (χ2v) is 6.16. The van der Waals surface area contributed by atoms with E-state index in [0.29, 0.717) is 30.7 Å². The number of piperidine rings is 1. The highest BCUT2D eigenvalue weighted by Gasteiger charge is 2.30. The Kier molecular flexibility index (Phi) is 3.63. The maximum Gasteiger partial charge on any atom is 0.225 e. The van der Waals surface area contributed by atoms with E-state index in [-0.39, 0.29) is 16.0 Å². The Morgan fingerprint density at radius 1 is 1.38 bits per heavy atom. The van der Waals surface area contributed by atoms with Crippen LogP contribution in [0.4, 0.5) is 10.2 Å². The molecule has 2 aromatic heterocycles. The summed E-state index contributed by atoms with van der Waals surface area (Å²) in [7, 11) is 0. The van der Waals surface area contributed by atoms with E-state index in [2.05, 4.69) is 15.0 Å². The summed E-state index contributed by atoms with van der Waals surface area (Å²) in [6.45, 7) is 2.85. The van der Waals surface area contributed by atoms with Crippen LogP contribution in [-0.2, 0) is 0 Å². The number of nitrogens with zero attached hydrogens (tertiary/aromatic N) is 4. The molecule has 0 saturated carbocycles. The summed E-state index contributed by atoms with van der Waals surface area (Å²) in [6, 6.07) is 0. The Hall–Kier alpha value is -1.24. The molecule has 21 heavy (non-hydrogen) atoms. The quantitative estimate of drug-likeness (QED) is 0.643. The van der Waals surface area contributed by atoms with Crippen LogP contribution in [-0.4, -0.2) is 38.7 Å². The third-order valence-electron chi connectivity index (χ3n) is 3.57. The van der Waals surface area contributed by atoms with Crippen molar-refractivity contribution in [1.82, 2.24) is 15.0 Å². The van der Waals surface area contributed by atoms with E-state index in [1.807, 2.05) is 4.90 Å². The topological polar surface area (TPSA) is 62.1 Å². The van der Waals surface area contributed by atoms with Crippen LogP contribution in [0.2, 0.25) is 10.4 Å². The Balaban J connectivity index is 2.16. The zero-order valence-electron chi connectivity index (χ0n) is 11.3.